The van der Waals surface area contributed by atoms with Gasteiger partial charge in [-0.2, -0.15) is 0 Å². The van der Waals surface area contributed by atoms with Crippen LogP contribution in [0.1, 0.15) is 105 Å². The lowest BCUT2D eigenvalue weighted by Crippen LogP contribution is -2.61. The van der Waals surface area contributed by atoms with Crippen LogP contribution >= 0.6 is 0 Å². The molecule has 11 rings (SSSR count). The zero-order chi connectivity index (χ0) is 38.7. The normalized spacial score (nSPS) is 54.0. The van der Waals surface area contributed by atoms with Crippen LogP contribution in [0.15, 0.2) is 24.3 Å². The number of ether oxygens (including phenoxy) is 11. The summed E-state index contributed by atoms with van der Waals surface area (Å²) in [5.41, 5.74) is 2.14. The molecule has 0 aromatic rings. The second-order valence-electron chi connectivity index (χ2n) is 19.2. The summed E-state index contributed by atoms with van der Waals surface area (Å²) >= 11 is 0. The molecule has 0 radical (unpaired) electrons. The molecule has 56 heavy (non-hydrogen) atoms. The van der Waals surface area contributed by atoms with Gasteiger partial charge in [-0.15, -0.1) is 0 Å². The van der Waals surface area contributed by atoms with Crippen LogP contribution in [0.2, 0.25) is 0 Å². The van der Waals surface area contributed by atoms with Crippen molar-refractivity contribution in [1.29, 1.82) is 0 Å². The largest absolute Gasteiger partial charge is 0.459 e. The number of aliphatic hydroxyl groups is 1. The van der Waals surface area contributed by atoms with Gasteiger partial charge in [0.05, 0.1) is 80.2 Å². The molecule has 1 spiro atoms. The van der Waals surface area contributed by atoms with E-state index in [4.69, 9.17) is 52.1 Å². The Hall–Kier alpha value is -1.49. The Labute approximate surface area is 330 Å². The maximum absolute atomic E-state index is 14.0. The topological polar surface area (TPSA) is 139 Å². The van der Waals surface area contributed by atoms with E-state index in [1.54, 1.807) is 0 Å². The van der Waals surface area contributed by atoms with E-state index >= 15 is 0 Å². The van der Waals surface area contributed by atoms with Crippen molar-refractivity contribution in [3.05, 3.63) is 24.3 Å². The highest BCUT2D eigenvalue weighted by Gasteiger charge is 2.69. The van der Waals surface area contributed by atoms with Gasteiger partial charge in [0, 0.05) is 31.6 Å². The minimum absolute atomic E-state index is 0.00105. The molecule has 12 bridgehead atoms. The highest BCUT2D eigenvalue weighted by atomic mass is 16.8. The van der Waals surface area contributed by atoms with Crippen LogP contribution in [-0.4, -0.2) is 133 Å². The molecule has 11 saturated heterocycles. The fraction of sp³-hybridized carbons (Fsp3) is 0.884. The van der Waals surface area contributed by atoms with E-state index in [1.165, 1.54) is 0 Å². The van der Waals surface area contributed by atoms with E-state index < -0.39 is 54.1 Å². The number of rotatable bonds is 2. The monoisotopic (exact) mass is 786 g/mol. The lowest BCUT2D eigenvalue weighted by molar-refractivity contribution is -0.293. The summed E-state index contributed by atoms with van der Waals surface area (Å²) in [5.74, 6) is -2.07. The van der Waals surface area contributed by atoms with Gasteiger partial charge in [0.2, 0.25) is 0 Å². The summed E-state index contributed by atoms with van der Waals surface area (Å²) < 4.78 is 72.4. The van der Waals surface area contributed by atoms with Gasteiger partial charge >= 0.3 is 5.97 Å². The highest BCUT2D eigenvalue weighted by Crippen LogP contribution is 2.54. The van der Waals surface area contributed by atoms with Crippen molar-refractivity contribution in [3.63, 3.8) is 0 Å². The van der Waals surface area contributed by atoms with Crippen LogP contribution in [0, 0.1) is 11.8 Å². The summed E-state index contributed by atoms with van der Waals surface area (Å²) in [7, 11) is 0. The van der Waals surface area contributed by atoms with E-state index in [0.717, 1.165) is 49.7 Å². The first-order valence-corrected chi connectivity index (χ1v) is 21.6. The summed E-state index contributed by atoms with van der Waals surface area (Å²) in [6.07, 6.45) is 2.42. The number of esters is 1. The first-order chi connectivity index (χ1) is 26.8. The summed E-state index contributed by atoms with van der Waals surface area (Å²) in [4.78, 5) is 14.0. The van der Waals surface area contributed by atoms with Gasteiger partial charge in [-0.3, -0.25) is 4.79 Å². The van der Waals surface area contributed by atoms with Crippen molar-refractivity contribution in [3.8, 4) is 0 Å². The number of carbonyl (C=O) groups excluding carboxylic acids is 1. The Morgan fingerprint density at radius 3 is 2.29 bits per heavy atom. The summed E-state index contributed by atoms with van der Waals surface area (Å²) in [5, 5.41) is 11.7. The van der Waals surface area contributed by atoms with Gasteiger partial charge in [-0.25, -0.2) is 0 Å². The van der Waals surface area contributed by atoms with Gasteiger partial charge in [-0.05, 0) is 75.9 Å². The summed E-state index contributed by atoms with van der Waals surface area (Å²) in [6, 6.07) is 0. The molecule has 11 fully saturated rings. The zero-order valence-electron chi connectivity index (χ0n) is 33.4. The average molecular weight is 787 g/mol. The van der Waals surface area contributed by atoms with Crippen LogP contribution in [-0.2, 0) is 56.9 Å². The molecule has 0 aliphatic carbocycles. The molecule has 11 heterocycles. The van der Waals surface area contributed by atoms with Crippen LogP contribution in [0.4, 0.5) is 0 Å². The molecule has 0 aromatic heterocycles. The molecular formula is C43H62O13. The van der Waals surface area contributed by atoms with E-state index in [-0.39, 0.29) is 85.5 Å². The quantitative estimate of drug-likeness (QED) is 0.309. The molecule has 11 aliphatic rings. The smallest absolute Gasteiger partial charge is 0.308 e. The predicted octanol–water partition coefficient (Wildman–Crippen LogP) is 4.59. The molecule has 312 valence electrons. The van der Waals surface area contributed by atoms with Crippen molar-refractivity contribution in [2.45, 2.75) is 220 Å². The number of hydrogen-bond donors (Lipinski definition) is 1. The second kappa shape index (κ2) is 14.6. The molecule has 0 aromatic carbocycles. The molecule has 0 unspecified atom stereocenters. The van der Waals surface area contributed by atoms with Crippen LogP contribution < -0.4 is 0 Å². The highest BCUT2D eigenvalue weighted by molar-refractivity contribution is 5.70. The molecule has 0 saturated carbocycles. The fourth-order valence-electron chi connectivity index (χ4n) is 11.8. The first-order valence-electron chi connectivity index (χ1n) is 21.6. The van der Waals surface area contributed by atoms with Crippen molar-refractivity contribution in [2.24, 2.45) is 11.8 Å². The lowest BCUT2D eigenvalue weighted by atomic mass is 9.80. The zero-order valence-corrected chi connectivity index (χ0v) is 33.4. The van der Waals surface area contributed by atoms with Crippen molar-refractivity contribution in [2.75, 3.05) is 6.61 Å². The molecular weight excluding hydrogens is 724 g/mol. The SMILES string of the molecule is C=C1C[C@@H]2CC[C@@]34C[C@H]5O[C@H]6[C@@H](O3)[C@H]3O[C@H](CC[C@@H]3O[C@H]6[C@H]5O4)CC(=O)O[C@@H]3[C@@H](C)[C@H](O)[C@H](C[C@@H]4COC(C)(C)O4)O[C@H]3C[C@H]3O[C@@H](CC[C@@H]1O2)C[C@@H](C)C3=C. The lowest BCUT2D eigenvalue weighted by Gasteiger charge is -2.47. The van der Waals surface area contributed by atoms with Crippen LogP contribution in [0.3, 0.4) is 0 Å². The minimum Gasteiger partial charge on any atom is -0.459 e. The number of hydrogen-bond acceptors (Lipinski definition) is 13. The van der Waals surface area contributed by atoms with Gasteiger partial charge in [0.15, 0.2) is 11.6 Å². The first kappa shape index (κ1) is 38.7. The number of fused-ring (bicyclic) bond motifs is 6. The van der Waals surface area contributed by atoms with E-state index in [9.17, 15) is 9.90 Å². The van der Waals surface area contributed by atoms with Crippen molar-refractivity contribution >= 4 is 5.97 Å². The third-order valence-electron chi connectivity index (χ3n) is 14.8. The standard InChI is InChI=1S/C43H62O13/c1-20-13-24-7-9-28-21(2)14-26(47-28)11-12-43-18-33-38(55-43)39-40(52-33)41(56-43)37-29(51-39)10-8-25(49-37)16-34(44)53-36-23(4)35(45)31(15-27-19-46-42(5,6)54-27)50-32(36)17-30(48-24)22(20)3/h20,23-33,35-41,45H,2-3,7-19H2,1,4-6H3/t20-,23+,24+,25-,26+,27-,28+,29+,30-,31+,32+,33-,35+,36-,37+,38+,39+,40-,41+,43+/m1/s1. The third-order valence-corrected chi connectivity index (χ3v) is 14.8. The molecule has 20 atom stereocenters. The Kier molecular flexibility index (Phi) is 10.1. The Bertz CT molecular complexity index is 1540. The van der Waals surface area contributed by atoms with Crippen LogP contribution in [0.5, 0.6) is 0 Å². The van der Waals surface area contributed by atoms with Crippen molar-refractivity contribution < 1.29 is 62.0 Å². The fourth-order valence-corrected chi connectivity index (χ4v) is 11.8. The van der Waals surface area contributed by atoms with Gasteiger partial charge < -0.3 is 57.2 Å². The van der Waals surface area contributed by atoms with Crippen LogP contribution in [0.25, 0.3) is 0 Å². The third kappa shape index (κ3) is 7.06. The Balaban J connectivity index is 0.922. The van der Waals surface area contributed by atoms with Crippen molar-refractivity contribution in [1.82, 2.24) is 0 Å². The molecule has 1 N–H and O–H groups in total. The number of carbonyl (C=O) groups is 1. The average Bonchev–Trinajstić information content (AvgIpc) is 3.84. The molecule has 0 amide bonds. The summed E-state index contributed by atoms with van der Waals surface area (Å²) in [6.45, 7) is 17.3. The maximum Gasteiger partial charge on any atom is 0.308 e. The van der Waals surface area contributed by atoms with E-state index in [1.807, 2.05) is 20.8 Å². The molecule has 13 nitrogen and oxygen atoms in total. The molecule has 11 aliphatic heterocycles. The minimum atomic E-state index is -0.886. The Morgan fingerprint density at radius 2 is 1.46 bits per heavy atom. The predicted molar refractivity (Wildman–Crippen MR) is 197 cm³/mol. The van der Waals surface area contributed by atoms with Gasteiger partial charge in [0.1, 0.15) is 36.6 Å². The second-order valence-corrected chi connectivity index (χ2v) is 19.2. The van der Waals surface area contributed by atoms with Gasteiger partial charge in [-0.1, -0.05) is 27.0 Å². The van der Waals surface area contributed by atoms with E-state index in [0.29, 0.717) is 38.7 Å². The molecule has 13 heteroatoms. The number of aliphatic hydroxyl groups excluding tert-OH is 1. The Morgan fingerprint density at radius 1 is 0.714 bits per heavy atom. The van der Waals surface area contributed by atoms with E-state index in [2.05, 4.69) is 20.1 Å². The maximum atomic E-state index is 14.0. The van der Waals surface area contributed by atoms with Gasteiger partial charge in [0.25, 0.3) is 0 Å².